The number of aryl methyl sites for hydroxylation is 1. The fourth-order valence-electron chi connectivity index (χ4n) is 3.72. The van der Waals surface area contributed by atoms with Crippen molar-refractivity contribution >= 4 is 28.7 Å². The van der Waals surface area contributed by atoms with Crippen LogP contribution in [-0.2, 0) is 22.5 Å². The Hall–Kier alpha value is -3.21. The Labute approximate surface area is 163 Å². The molecule has 0 aliphatic carbocycles. The van der Waals surface area contributed by atoms with Gasteiger partial charge in [0.1, 0.15) is 11.3 Å². The number of ether oxygens (including phenoxy) is 1. The molecule has 0 saturated carbocycles. The van der Waals surface area contributed by atoms with E-state index in [1.165, 1.54) is 11.3 Å². The van der Waals surface area contributed by atoms with Crippen molar-refractivity contribution in [1.82, 2.24) is 0 Å². The Bertz CT molecular complexity index is 1030. The normalized spacial score (nSPS) is 14.2. The van der Waals surface area contributed by atoms with Crippen molar-refractivity contribution in [2.75, 3.05) is 18.1 Å². The molecule has 4 rings (SSSR count). The van der Waals surface area contributed by atoms with Gasteiger partial charge in [-0.1, -0.05) is 24.3 Å². The van der Waals surface area contributed by atoms with Crippen molar-refractivity contribution in [3.05, 3.63) is 71.2 Å². The molecule has 0 fully saturated rings. The van der Waals surface area contributed by atoms with E-state index in [0.717, 1.165) is 48.2 Å². The van der Waals surface area contributed by atoms with Crippen LogP contribution >= 0.6 is 0 Å². The standard InChI is InChI=1S/C23H23NO4/c1-2-27-22(23(25)26)13-16-9-10-21-18(12-16)14-19(28-21)15-24-11-5-7-17-6-3-4-8-20(17)24/h3-4,6,8-10,12-14H,2,5,7,11,15H2,1H3,(H,25,26). The van der Waals surface area contributed by atoms with Crippen molar-refractivity contribution in [3.63, 3.8) is 0 Å². The maximum Gasteiger partial charge on any atom is 0.371 e. The van der Waals surface area contributed by atoms with Gasteiger partial charge in [0.2, 0.25) is 5.76 Å². The molecule has 2 aromatic carbocycles. The summed E-state index contributed by atoms with van der Waals surface area (Å²) in [5.74, 6) is -0.231. The number of fused-ring (bicyclic) bond motifs is 2. The van der Waals surface area contributed by atoms with E-state index in [1.807, 2.05) is 24.3 Å². The topological polar surface area (TPSA) is 62.9 Å². The molecule has 0 atom stereocenters. The Morgan fingerprint density at radius 3 is 2.93 bits per heavy atom. The Kier molecular flexibility index (Phi) is 5.06. The van der Waals surface area contributed by atoms with Crippen LogP contribution in [-0.4, -0.2) is 24.2 Å². The zero-order valence-corrected chi connectivity index (χ0v) is 15.9. The molecule has 0 unspecified atom stereocenters. The third kappa shape index (κ3) is 3.74. The van der Waals surface area contributed by atoms with Crippen molar-refractivity contribution < 1.29 is 19.1 Å². The molecule has 2 heterocycles. The summed E-state index contributed by atoms with van der Waals surface area (Å²) >= 11 is 0. The fourth-order valence-corrected chi connectivity index (χ4v) is 3.72. The quantitative estimate of drug-likeness (QED) is 0.492. The van der Waals surface area contributed by atoms with Gasteiger partial charge in [0.05, 0.1) is 13.2 Å². The first kappa shape index (κ1) is 18.2. The summed E-state index contributed by atoms with van der Waals surface area (Å²) < 4.78 is 11.2. The molecule has 0 spiro atoms. The van der Waals surface area contributed by atoms with Crippen molar-refractivity contribution in [3.8, 4) is 0 Å². The van der Waals surface area contributed by atoms with Crippen LogP contribution in [0.15, 0.2) is 58.7 Å². The van der Waals surface area contributed by atoms with Crippen LogP contribution in [0.3, 0.4) is 0 Å². The first-order chi connectivity index (χ1) is 13.6. The zero-order valence-electron chi connectivity index (χ0n) is 15.9. The lowest BCUT2D eigenvalue weighted by molar-refractivity contribution is -0.136. The average molecular weight is 377 g/mol. The predicted molar refractivity (Wildman–Crippen MR) is 109 cm³/mol. The lowest BCUT2D eigenvalue weighted by Gasteiger charge is -2.30. The number of furan rings is 1. The summed E-state index contributed by atoms with van der Waals surface area (Å²) in [4.78, 5) is 13.6. The van der Waals surface area contributed by atoms with E-state index in [4.69, 9.17) is 9.15 Å². The first-order valence-electron chi connectivity index (χ1n) is 9.57. The van der Waals surface area contributed by atoms with E-state index < -0.39 is 5.97 Å². The van der Waals surface area contributed by atoms with E-state index in [1.54, 1.807) is 13.0 Å². The van der Waals surface area contributed by atoms with Gasteiger partial charge in [-0.2, -0.15) is 0 Å². The van der Waals surface area contributed by atoms with Gasteiger partial charge in [-0.3, -0.25) is 0 Å². The van der Waals surface area contributed by atoms with Gasteiger partial charge in [0.15, 0.2) is 0 Å². The number of carboxylic acids is 1. The van der Waals surface area contributed by atoms with E-state index in [0.29, 0.717) is 6.61 Å². The number of anilines is 1. The molecule has 0 radical (unpaired) electrons. The van der Waals surface area contributed by atoms with E-state index in [2.05, 4.69) is 29.2 Å². The van der Waals surface area contributed by atoms with E-state index in [9.17, 15) is 9.90 Å². The lowest BCUT2D eigenvalue weighted by Crippen LogP contribution is -2.28. The zero-order chi connectivity index (χ0) is 19.5. The molecule has 1 aliphatic rings. The van der Waals surface area contributed by atoms with Crippen LogP contribution < -0.4 is 4.90 Å². The minimum atomic E-state index is -1.07. The number of hydrogen-bond acceptors (Lipinski definition) is 4. The highest BCUT2D eigenvalue weighted by Crippen LogP contribution is 2.30. The van der Waals surface area contributed by atoms with Gasteiger partial charge in [-0.15, -0.1) is 0 Å². The molecule has 5 heteroatoms. The molecule has 144 valence electrons. The Balaban J connectivity index is 1.59. The Morgan fingerprint density at radius 1 is 1.25 bits per heavy atom. The molecule has 0 saturated heterocycles. The number of aliphatic carboxylic acids is 1. The van der Waals surface area contributed by atoms with E-state index >= 15 is 0 Å². The molecule has 5 nitrogen and oxygen atoms in total. The minimum absolute atomic E-state index is 0.0597. The third-order valence-electron chi connectivity index (χ3n) is 4.95. The van der Waals surface area contributed by atoms with Gasteiger partial charge >= 0.3 is 5.97 Å². The summed E-state index contributed by atoms with van der Waals surface area (Å²) in [5, 5.41) is 10.2. The number of hydrogen-bond donors (Lipinski definition) is 1. The number of benzene rings is 2. The fraction of sp³-hybridized carbons (Fsp3) is 0.261. The number of nitrogens with zero attached hydrogens (tertiary/aromatic N) is 1. The van der Waals surface area contributed by atoms with Crippen molar-refractivity contribution in [2.45, 2.75) is 26.3 Å². The summed E-state index contributed by atoms with van der Waals surface area (Å²) in [5.41, 5.74) is 4.23. The van der Waals surface area contributed by atoms with Crippen LogP contribution in [0.4, 0.5) is 5.69 Å². The smallest absolute Gasteiger partial charge is 0.371 e. The van der Waals surface area contributed by atoms with Crippen LogP contribution in [0, 0.1) is 0 Å². The molecule has 0 amide bonds. The van der Waals surface area contributed by atoms with Gasteiger partial charge < -0.3 is 19.2 Å². The molecular formula is C23H23NO4. The second kappa shape index (κ2) is 7.80. The molecule has 1 aliphatic heterocycles. The van der Waals surface area contributed by atoms with Gasteiger partial charge in [-0.25, -0.2) is 4.79 Å². The minimum Gasteiger partial charge on any atom is -0.487 e. The highest BCUT2D eigenvalue weighted by Gasteiger charge is 2.18. The van der Waals surface area contributed by atoms with Gasteiger partial charge in [-0.05, 0) is 61.2 Å². The first-order valence-corrected chi connectivity index (χ1v) is 9.57. The van der Waals surface area contributed by atoms with Crippen molar-refractivity contribution in [1.29, 1.82) is 0 Å². The van der Waals surface area contributed by atoms with Crippen LogP contribution in [0.5, 0.6) is 0 Å². The monoisotopic (exact) mass is 377 g/mol. The van der Waals surface area contributed by atoms with E-state index in [-0.39, 0.29) is 5.76 Å². The second-order valence-electron chi connectivity index (χ2n) is 6.91. The molecular weight excluding hydrogens is 354 g/mol. The lowest BCUT2D eigenvalue weighted by atomic mass is 10.0. The van der Waals surface area contributed by atoms with Crippen LogP contribution in [0.25, 0.3) is 17.0 Å². The molecule has 3 aromatic rings. The largest absolute Gasteiger partial charge is 0.487 e. The van der Waals surface area contributed by atoms with Gasteiger partial charge in [0.25, 0.3) is 0 Å². The molecule has 1 N–H and O–H groups in total. The maximum absolute atomic E-state index is 11.3. The Morgan fingerprint density at radius 2 is 2.11 bits per heavy atom. The summed E-state index contributed by atoms with van der Waals surface area (Å²) in [6.45, 7) is 3.81. The summed E-state index contributed by atoms with van der Waals surface area (Å²) in [6.07, 6.45) is 3.80. The number of para-hydroxylation sites is 1. The van der Waals surface area contributed by atoms with Crippen LogP contribution in [0.1, 0.15) is 30.2 Å². The third-order valence-corrected chi connectivity index (χ3v) is 4.95. The average Bonchev–Trinajstić information content (AvgIpc) is 3.09. The maximum atomic E-state index is 11.3. The van der Waals surface area contributed by atoms with Crippen LogP contribution in [0.2, 0.25) is 0 Å². The number of carbonyl (C=O) groups is 1. The highest BCUT2D eigenvalue weighted by molar-refractivity contribution is 5.91. The molecule has 0 bridgehead atoms. The predicted octanol–water partition coefficient (Wildman–Crippen LogP) is 4.85. The summed E-state index contributed by atoms with van der Waals surface area (Å²) in [7, 11) is 0. The molecule has 1 aromatic heterocycles. The molecule has 28 heavy (non-hydrogen) atoms. The summed E-state index contributed by atoms with van der Waals surface area (Å²) in [6, 6.07) is 16.2. The second-order valence-corrected chi connectivity index (χ2v) is 6.91. The van der Waals surface area contributed by atoms with Crippen molar-refractivity contribution in [2.24, 2.45) is 0 Å². The number of carboxylic acid groups (broad SMARTS) is 1. The highest BCUT2D eigenvalue weighted by atomic mass is 16.5. The van der Waals surface area contributed by atoms with Gasteiger partial charge in [0, 0.05) is 17.6 Å². The SMILES string of the molecule is CCOC(=Cc1ccc2oc(CN3CCCc4ccccc43)cc2c1)C(=O)O. The number of rotatable bonds is 6.